The van der Waals surface area contributed by atoms with Crippen LogP contribution in [0.5, 0.6) is 11.5 Å². The number of hydrogen-bond donors (Lipinski definition) is 0. The van der Waals surface area contributed by atoms with Gasteiger partial charge in [0.1, 0.15) is 23.7 Å². The van der Waals surface area contributed by atoms with Gasteiger partial charge in [0, 0.05) is 49.5 Å². The van der Waals surface area contributed by atoms with Gasteiger partial charge >= 0.3 is 0 Å². The van der Waals surface area contributed by atoms with Crippen molar-refractivity contribution >= 4 is 17.2 Å². The topological polar surface area (TPSA) is 86.0 Å². The van der Waals surface area contributed by atoms with Gasteiger partial charge in [-0.2, -0.15) is 5.10 Å². The average molecular weight is 472 g/mol. The summed E-state index contributed by atoms with van der Waals surface area (Å²) in [6.07, 6.45) is 3.70. The first kappa shape index (κ1) is 21.3. The van der Waals surface area contributed by atoms with E-state index in [1.54, 1.807) is 15.6 Å². The van der Waals surface area contributed by atoms with Crippen molar-refractivity contribution in [1.82, 2.24) is 19.5 Å². The number of likely N-dealkylation sites (tertiary alicyclic amines) is 1. The Morgan fingerprint density at radius 2 is 2.03 bits per heavy atom. The summed E-state index contributed by atoms with van der Waals surface area (Å²) in [6.45, 7) is 1.21. The number of hydrogen-bond acceptors (Lipinski definition) is 6. The summed E-state index contributed by atoms with van der Waals surface area (Å²) < 4.78 is 27.8. The molecule has 8 nitrogen and oxygen atoms in total. The molecule has 0 radical (unpaired) electrons. The van der Waals surface area contributed by atoms with Crippen molar-refractivity contribution in [2.45, 2.75) is 6.42 Å². The van der Waals surface area contributed by atoms with E-state index in [0.29, 0.717) is 48.1 Å². The predicted octanol–water partition coefficient (Wildman–Crippen LogP) is 3.19. The van der Waals surface area contributed by atoms with Crippen molar-refractivity contribution < 1.29 is 23.5 Å². The molecular weight excluding hydrogens is 451 g/mol. The van der Waals surface area contributed by atoms with Crippen LogP contribution in [0.1, 0.15) is 15.9 Å². The van der Waals surface area contributed by atoms with E-state index in [4.69, 9.17) is 9.47 Å². The maximum atomic E-state index is 14.6. The van der Waals surface area contributed by atoms with Crippen molar-refractivity contribution in [2.24, 2.45) is 5.92 Å². The third-order valence-electron chi connectivity index (χ3n) is 6.27. The number of ether oxygens (including phenoxy) is 2. The highest BCUT2D eigenvalue weighted by Crippen LogP contribution is 2.33. The van der Waals surface area contributed by atoms with Crippen LogP contribution in [0.15, 0.2) is 60.9 Å². The molecule has 0 spiro atoms. The Balaban J connectivity index is 1.15. The molecule has 0 N–H and O–H groups in total. The number of Topliss-reactive ketones (excluding diaryl/α,β-unsaturated/α-hetero) is 1. The van der Waals surface area contributed by atoms with Crippen molar-refractivity contribution in [3.63, 3.8) is 0 Å². The van der Waals surface area contributed by atoms with Gasteiger partial charge in [-0.15, -0.1) is 0 Å². The minimum absolute atomic E-state index is 0.0403. The molecule has 1 saturated heterocycles. The summed E-state index contributed by atoms with van der Waals surface area (Å²) in [5, 5.41) is 4.63. The number of fused-ring (bicyclic) bond motifs is 2. The van der Waals surface area contributed by atoms with Crippen LogP contribution in [0, 0.1) is 11.7 Å². The fourth-order valence-electron chi connectivity index (χ4n) is 4.46. The molecule has 2 aliphatic rings. The second-order valence-corrected chi connectivity index (χ2v) is 8.75. The summed E-state index contributed by atoms with van der Waals surface area (Å²) in [7, 11) is 0. The molecule has 176 valence electrons. The van der Waals surface area contributed by atoms with Crippen molar-refractivity contribution in [1.29, 1.82) is 0 Å². The number of benzene rings is 1. The molecule has 2 aliphatic heterocycles. The van der Waals surface area contributed by atoms with E-state index in [1.807, 2.05) is 42.6 Å². The molecule has 5 heterocycles. The second kappa shape index (κ2) is 8.50. The van der Waals surface area contributed by atoms with Crippen LogP contribution in [-0.4, -0.2) is 57.5 Å². The Morgan fingerprint density at radius 1 is 1.17 bits per heavy atom. The minimum Gasteiger partial charge on any atom is -0.488 e. The number of ketones is 1. The van der Waals surface area contributed by atoms with Crippen LogP contribution in [0.4, 0.5) is 4.39 Å². The monoisotopic (exact) mass is 472 g/mol. The van der Waals surface area contributed by atoms with Crippen LogP contribution in [0.2, 0.25) is 0 Å². The Bertz CT molecular complexity index is 1450. The maximum Gasteiger partial charge on any atom is 0.256 e. The Labute approximate surface area is 199 Å². The Morgan fingerprint density at radius 3 is 2.86 bits per heavy atom. The largest absolute Gasteiger partial charge is 0.488 e. The summed E-state index contributed by atoms with van der Waals surface area (Å²) in [6, 6.07) is 14.0. The number of pyridine rings is 2. The molecule has 6 rings (SSSR count). The molecule has 1 aromatic carbocycles. The summed E-state index contributed by atoms with van der Waals surface area (Å²) in [5.41, 5.74) is 2.69. The molecule has 1 amide bonds. The number of amides is 1. The molecule has 35 heavy (non-hydrogen) atoms. The fourth-order valence-corrected chi connectivity index (χ4v) is 4.46. The quantitative estimate of drug-likeness (QED) is 0.444. The highest BCUT2D eigenvalue weighted by Gasteiger charge is 2.34. The van der Waals surface area contributed by atoms with E-state index in [0.717, 1.165) is 5.52 Å². The van der Waals surface area contributed by atoms with Crippen molar-refractivity contribution in [2.75, 3.05) is 26.3 Å². The van der Waals surface area contributed by atoms with Gasteiger partial charge in [0.05, 0.1) is 17.9 Å². The molecule has 3 aromatic heterocycles. The molecule has 0 unspecified atom stereocenters. The van der Waals surface area contributed by atoms with Gasteiger partial charge in [0.15, 0.2) is 17.2 Å². The highest BCUT2D eigenvalue weighted by atomic mass is 19.1. The number of carbonyl (C=O) groups excluding carboxylic acids is 2. The lowest BCUT2D eigenvalue weighted by atomic mass is 9.97. The molecule has 0 bridgehead atoms. The van der Waals surface area contributed by atoms with E-state index in [2.05, 4.69) is 10.1 Å². The summed E-state index contributed by atoms with van der Waals surface area (Å²) >= 11 is 0. The van der Waals surface area contributed by atoms with E-state index >= 15 is 0 Å². The van der Waals surface area contributed by atoms with Gasteiger partial charge in [-0.3, -0.25) is 14.6 Å². The normalized spacial score (nSPS) is 15.5. The first-order valence-corrected chi connectivity index (χ1v) is 11.3. The van der Waals surface area contributed by atoms with E-state index in [9.17, 15) is 14.0 Å². The van der Waals surface area contributed by atoms with E-state index < -0.39 is 11.7 Å². The van der Waals surface area contributed by atoms with Crippen LogP contribution < -0.4 is 9.47 Å². The molecular formula is C26H21FN4O4. The molecule has 0 atom stereocenters. The van der Waals surface area contributed by atoms with Gasteiger partial charge < -0.3 is 14.4 Å². The minimum atomic E-state index is -0.644. The van der Waals surface area contributed by atoms with Gasteiger partial charge in [0.2, 0.25) is 0 Å². The smallest absolute Gasteiger partial charge is 0.256 e. The Hall–Kier alpha value is -4.27. The SMILES string of the molecule is O=C1COc2cc(F)c(C(=O)N3CC(COc4c(-c5ccccn5)nn5ccccc45)C3)cc2C1. The van der Waals surface area contributed by atoms with Gasteiger partial charge in [-0.05, 0) is 30.3 Å². The van der Waals surface area contributed by atoms with Gasteiger partial charge in [-0.25, -0.2) is 8.91 Å². The average Bonchev–Trinajstić information content (AvgIpc) is 3.22. The number of carbonyl (C=O) groups is 2. The second-order valence-electron chi connectivity index (χ2n) is 8.75. The standard InChI is InChI=1S/C26H21FN4O4/c27-20-11-23-17(9-18(32)15-34-23)10-19(20)26(33)30-12-16(13-30)14-35-25-22-6-2-4-8-31(22)29-24(25)21-5-1-3-7-28-21/h1-8,10-11,16H,9,12-15H2. The maximum absolute atomic E-state index is 14.6. The third-order valence-corrected chi connectivity index (χ3v) is 6.27. The molecule has 9 heteroatoms. The van der Waals surface area contributed by atoms with Crippen molar-refractivity contribution in [3.05, 3.63) is 77.9 Å². The summed E-state index contributed by atoms with van der Waals surface area (Å²) in [4.78, 5) is 30.6. The zero-order valence-corrected chi connectivity index (χ0v) is 18.7. The molecule has 1 fully saturated rings. The van der Waals surface area contributed by atoms with E-state index in [-0.39, 0.29) is 30.3 Å². The molecule has 4 aromatic rings. The van der Waals surface area contributed by atoms with Gasteiger partial charge in [0.25, 0.3) is 5.91 Å². The first-order valence-electron chi connectivity index (χ1n) is 11.3. The predicted molar refractivity (Wildman–Crippen MR) is 124 cm³/mol. The molecule has 0 saturated carbocycles. The number of rotatable bonds is 5. The fraction of sp³-hybridized carbons (Fsp3) is 0.231. The number of aromatic nitrogens is 3. The van der Waals surface area contributed by atoms with Crippen LogP contribution >= 0.6 is 0 Å². The lowest BCUT2D eigenvalue weighted by Gasteiger charge is -2.39. The lowest BCUT2D eigenvalue weighted by molar-refractivity contribution is -0.121. The Kier molecular flexibility index (Phi) is 5.17. The van der Waals surface area contributed by atoms with Crippen LogP contribution in [0.25, 0.3) is 16.9 Å². The van der Waals surface area contributed by atoms with E-state index in [1.165, 1.54) is 12.1 Å². The lowest BCUT2D eigenvalue weighted by Crippen LogP contribution is -2.52. The summed E-state index contributed by atoms with van der Waals surface area (Å²) in [5.74, 6) is -0.0785. The highest BCUT2D eigenvalue weighted by molar-refractivity contribution is 5.96. The van der Waals surface area contributed by atoms with Crippen LogP contribution in [-0.2, 0) is 11.2 Å². The third kappa shape index (κ3) is 3.88. The number of nitrogens with zero attached hydrogens (tertiary/aromatic N) is 4. The van der Waals surface area contributed by atoms with Crippen molar-refractivity contribution in [3.8, 4) is 22.9 Å². The zero-order chi connectivity index (χ0) is 23.9. The van der Waals surface area contributed by atoms with Gasteiger partial charge in [-0.1, -0.05) is 12.1 Å². The first-order chi connectivity index (χ1) is 17.1. The molecule has 0 aliphatic carbocycles. The number of halogens is 1. The van der Waals surface area contributed by atoms with Crippen LogP contribution in [0.3, 0.4) is 0 Å². The zero-order valence-electron chi connectivity index (χ0n) is 18.7.